The molecule has 0 unspecified atom stereocenters. The zero-order valence-electron chi connectivity index (χ0n) is 14.5. The van der Waals surface area contributed by atoms with Gasteiger partial charge in [-0.05, 0) is 27.3 Å². The number of halogens is 1. The predicted octanol–water partition coefficient (Wildman–Crippen LogP) is 4.87. The van der Waals surface area contributed by atoms with E-state index in [0.29, 0.717) is 6.61 Å². The van der Waals surface area contributed by atoms with Crippen LogP contribution >= 0.6 is 12.4 Å². The van der Waals surface area contributed by atoms with Crippen LogP contribution in [0.15, 0.2) is 0 Å². The van der Waals surface area contributed by atoms with Crippen molar-refractivity contribution >= 4 is 18.4 Å². The zero-order chi connectivity index (χ0) is 15.3. The maximum Gasteiger partial charge on any atom is 0.325 e. The molecule has 0 radical (unpaired) electrons. The van der Waals surface area contributed by atoms with Crippen LogP contribution in [0.5, 0.6) is 0 Å². The number of esters is 1. The fraction of sp³-hybridized carbons (Fsp3) is 0.941. The summed E-state index contributed by atoms with van der Waals surface area (Å²) in [5.74, 6) is -0.157. The first-order chi connectivity index (χ1) is 9.54. The van der Waals surface area contributed by atoms with E-state index in [1.807, 2.05) is 13.8 Å². The molecule has 0 saturated carbocycles. The third-order valence-electron chi connectivity index (χ3n) is 3.87. The monoisotopic (exact) mass is 321 g/mol. The number of carbonyl (C=O) groups is 1. The number of likely N-dealkylation sites (N-methyl/N-ethyl adjacent to an activating group) is 1. The lowest BCUT2D eigenvalue weighted by atomic mass is 10.1. The lowest BCUT2D eigenvalue weighted by molar-refractivity contribution is -0.150. The Balaban J connectivity index is 0. The van der Waals surface area contributed by atoms with Crippen molar-refractivity contribution < 1.29 is 9.53 Å². The molecule has 0 aliphatic carbocycles. The number of rotatable bonds is 13. The average molecular weight is 322 g/mol. The Bertz CT molecular complexity index is 245. The first kappa shape index (κ1) is 23.0. The fourth-order valence-corrected chi connectivity index (χ4v) is 2.04. The Hall–Kier alpha value is -0.280. The summed E-state index contributed by atoms with van der Waals surface area (Å²) in [6, 6.07) is 0. The van der Waals surface area contributed by atoms with E-state index in [0.717, 1.165) is 6.42 Å². The minimum absolute atomic E-state index is 0. The summed E-state index contributed by atoms with van der Waals surface area (Å²) in [6.45, 7) is 6.49. The molecule has 0 aliphatic rings. The highest BCUT2D eigenvalue weighted by molar-refractivity contribution is 5.85. The molecule has 128 valence electrons. The van der Waals surface area contributed by atoms with Gasteiger partial charge in [0.2, 0.25) is 0 Å². The number of hydrogen-bond donors (Lipinski definition) is 1. The van der Waals surface area contributed by atoms with Gasteiger partial charge in [-0.25, -0.2) is 0 Å². The molecule has 0 aromatic rings. The molecule has 3 nitrogen and oxygen atoms in total. The van der Waals surface area contributed by atoms with Crippen LogP contribution in [0.3, 0.4) is 0 Å². The molecule has 1 N–H and O–H groups in total. The van der Waals surface area contributed by atoms with Crippen LogP contribution in [-0.4, -0.2) is 25.2 Å². The van der Waals surface area contributed by atoms with Gasteiger partial charge < -0.3 is 10.1 Å². The Labute approximate surface area is 138 Å². The quantitative estimate of drug-likeness (QED) is 0.388. The first-order valence-electron chi connectivity index (χ1n) is 8.40. The van der Waals surface area contributed by atoms with Crippen molar-refractivity contribution in [1.82, 2.24) is 5.32 Å². The summed E-state index contributed by atoms with van der Waals surface area (Å²) < 4.78 is 5.27. The Morgan fingerprint density at radius 1 is 0.905 bits per heavy atom. The number of carbonyl (C=O) groups excluding carboxylic acids is 1. The third-order valence-corrected chi connectivity index (χ3v) is 3.87. The Kier molecular flexibility index (Phi) is 16.0. The van der Waals surface area contributed by atoms with Gasteiger partial charge in [0.25, 0.3) is 0 Å². The lowest BCUT2D eigenvalue weighted by Gasteiger charge is -2.21. The van der Waals surface area contributed by atoms with Crippen LogP contribution in [0.25, 0.3) is 0 Å². The van der Waals surface area contributed by atoms with Crippen molar-refractivity contribution in [3.8, 4) is 0 Å². The molecule has 0 heterocycles. The Morgan fingerprint density at radius 2 is 1.33 bits per heavy atom. The van der Waals surface area contributed by atoms with Gasteiger partial charge in [0.1, 0.15) is 5.54 Å². The van der Waals surface area contributed by atoms with E-state index >= 15 is 0 Å². The second-order valence-corrected chi connectivity index (χ2v) is 6.19. The van der Waals surface area contributed by atoms with E-state index in [4.69, 9.17) is 4.74 Å². The summed E-state index contributed by atoms with van der Waals surface area (Å²) >= 11 is 0. The van der Waals surface area contributed by atoms with Crippen molar-refractivity contribution in [3.63, 3.8) is 0 Å². The van der Waals surface area contributed by atoms with Crippen molar-refractivity contribution in [2.75, 3.05) is 13.7 Å². The first-order valence-corrected chi connectivity index (χ1v) is 8.40. The van der Waals surface area contributed by atoms with Gasteiger partial charge in [0, 0.05) is 0 Å². The van der Waals surface area contributed by atoms with Gasteiger partial charge in [-0.2, -0.15) is 0 Å². The maximum absolute atomic E-state index is 11.7. The number of hydrogen-bond acceptors (Lipinski definition) is 3. The third kappa shape index (κ3) is 13.1. The molecule has 0 fully saturated rings. The molecular formula is C17H36ClNO2. The van der Waals surface area contributed by atoms with Crippen LogP contribution in [0.1, 0.15) is 85.0 Å². The summed E-state index contributed by atoms with van der Waals surface area (Å²) in [5.41, 5.74) is -0.571. The Morgan fingerprint density at radius 3 is 1.76 bits per heavy atom. The standard InChI is InChI=1S/C17H35NO2.ClH/c1-5-6-7-8-9-10-11-12-13-14-15-20-16(19)17(2,3)18-4;/h18H,5-15H2,1-4H3;1H. The van der Waals surface area contributed by atoms with Crippen molar-refractivity contribution in [3.05, 3.63) is 0 Å². The van der Waals surface area contributed by atoms with E-state index in [1.54, 1.807) is 7.05 Å². The topological polar surface area (TPSA) is 38.3 Å². The second-order valence-electron chi connectivity index (χ2n) is 6.19. The van der Waals surface area contributed by atoms with Gasteiger partial charge in [-0.15, -0.1) is 12.4 Å². The van der Waals surface area contributed by atoms with Gasteiger partial charge in [0.05, 0.1) is 6.61 Å². The van der Waals surface area contributed by atoms with Gasteiger partial charge in [-0.3, -0.25) is 4.79 Å². The summed E-state index contributed by atoms with van der Waals surface area (Å²) in [6.07, 6.45) is 13.0. The van der Waals surface area contributed by atoms with Crippen LogP contribution in [0.2, 0.25) is 0 Å². The highest BCUT2D eigenvalue weighted by atomic mass is 35.5. The van der Waals surface area contributed by atoms with E-state index in [9.17, 15) is 4.79 Å². The summed E-state index contributed by atoms with van der Waals surface area (Å²) in [7, 11) is 1.78. The molecule has 0 saturated heterocycles. The van der Waals surface area contributed by atoms with Gasteiger partial charge >= 0.3 is 5.97 Å². The fourth-order valence-electron chi connectivity index (χ4n) is 2.04. The molecular weight excluding hydrogens is 286 g/mol. The predicted molar refractivity (Wildman–Crippen MR) is 93.2 cm³/mol. The van der Waals surface area contributed by atoms with Crippen LogP contribution in [-0.2, 0) is 9.53 Å². The van der Waals surface area contributed by atoms with E-state index in [-0.39, 0.29) is 18.4 Å². The average Bonchev–Trinajstić information content (AvgIpc) is 2.44. The van der Waals surface area contributed by atoms with Gasteiger partial charge in [0.15, 0.2) is 0 Å². The molecule has 0 aromatic heterocycles. The number of unbranched alkanes of at least 4 members (excludes halogenated alkanes) is 9. The SMILES string of the molecule is CCCCCCCCCCCCOC(=O)C(C)(C)NC.Cl. The smallest absolute Gasteiger partial charge is 0.325 e. The summed E-state index contributed by atoms with van der Waals surface area (Å²) in [4.78, 5) is 11.7. The molecule has 0 rings (SSSR count). The number of ether oxygens (including phenoxy) is 1. The van der Waals surface area contributed by atoms with Crippen LogP contribution in [0.4, 0.5) is 0 Å². The van der Waals surface area contributed by atoms with Crippen molar-refractivity contribution in [1.29, 1.82) is 0 Å². The van der Waals surface area contributed by atoms with Gasteiger partial charge in [-0.1, -0.05) is 64.7 Å². The van der Waals surface area contributed by atoms with Crippen molar-refractivity contribution in [2.24, 2.45) is 0 Å². The maximum atomic E-state index is 11.7. The van der Waals surface area contributed by atoms with E-state index < -0.39 is 5.54 Å². The zero-order valence-corrected chi connectivity index (χ0v) is 15.3. The minimum Gasteiger partial charge on any atom is -0.464 e. The second kappa shape index (κ2) is 14.6. The highest BCUT2D eigenvalue weighted by Gasteiger charge is 2.26. The molecule has 0 aliphatic heterocycles. The lowest BCUT2D eigenvalue weighted by Crippen LogP contribution is -2.45. The molecule has 21 heavy (non-hydrogen) atoms. The molecule has 0 aromatic carbocycles. The van der Waals surface area contributed by atoms with Crippen LogP contribution in [0, 0.1) is 0 Å². The number of nitrogens with one attached hydrogen (secondary N) is 1. The molecule has 0 amide bonds. The molecule has 0 spiro atoms. The molecule has 0 atom stereocenters. The van der Waals surface area contributed by atoms with Crippen LogP contribution < -0.4 is 5.32 Å². The summed E-state index contributed by atoms with van der Waals surface area (Å²) in [5, 5.41) is 2.96. The molecule has 4 heteroatoms. The highest BCUT2D eigenvalue weighted by Crippen LogP contribution is 2.11. The van der Waals surface area contributed by atoms with E-state index in [2.05, 4.69) is 12.2 Å². The molecule has 0 bridgehead atoms. The van der Waals surface area contributed by atoms with E-state index in [1.165, 1.54) is 57.8 Å². The minimum atomic E-state index is -0.571. The normalized spacial score (nSPS) is 11.0. The van der Waals surface area contributed by atoms with Crippen molar-refractivity contribution in [2.45, 2.75) is 90.5 Å². The largest absolute Gasteiger partial charge is 0.464 e.